The van der Waals surface area contributed by atoms with Crippen LogP contribution in [-0.2, 0) is 14.4 Å². The highest BCUT2D eigenvalue weighted by molar-refractivity contribution is 6.30. The fourth-order valence-corrected chi connectivity index (χ4v) is 3.69. The van der Waals surface area contributed by atoms with Crippen LogP contribution in [0.25, 0.3) is 5.57 Å². The molecule has 1 aliphatic heterocycles. The third-order valence-corrected chi connectivity index (χ3v) is 5.30. The van der Waals surface area contributed by atoms with Crippen LogP contribution < -0.4 is 0 Å². The molecule has 7 nitrogen and oxygen atoms in total. The van der Waals surface area contributed by atoms with Gasteiger partial charge in [-0.25, -0.2) is 9.59 Å². The Kier molecular flexibility index (Phi) is 4.79. The first-order valence-electron chi connectivity index (χ1n) is 9.26. The van der Waals surface area contributed by atoms with E-state index in [9.17, 15) is 24.6 Å². The lowest BCUT2D eigenvalue weighted by atomic mass is 9.89. The molecule has 4 rings (SSSR count). The van der Waals surface area contributed by atoms with Gasteiger partial charge in [0.25, 0.3) is 0 Å². The number of benzene rings is 2. The van der Waals surface area contributed by atoms with Crippen molar-refractivity contribution in [3.63, 3.8) is 0 Å². The van der Waals surface area contributed by atoms with E-state index in [4.69, 9.17) is 4.84 Å². The molecule has 0 aromatic heterocycles. The van der Waals surface area contributed by atoms with Crippen molar-refractivity contribution in [1.82, 2.24) is 0 Å². The van der Waals surface area contributed by atoms with Gasteiger partial charge >= 0.3 is 17.9 Å². The van der Waals surface area contributed by atoms with Gasteiger partial charge in [0.15, 0.2) is 0 Å². The van der Waals surface area contributed by atoms with Crippen molar-refractivity contribution in [2.24, 2.45) is 11.1 Å². The number of aliphatic carboxylic acids is 1. The Bertz CT molecular complexity index is 1170. The van der Waals surface area contributed by atoms with Gasteiger partial charge in [-0.1, -0.05) is 54.6 Å². The zero-order valence-electron chi connectivity index (χ0n) is 15.9. The summed E-state index contributed by atoms with van der Waals surface area (Å²) in [6.45, 7) is 1.64. The summed E-state index contributed by atoms with van der Waals surface area (Å²) in [6.07, 6.45) is 3.45. The molecule has 0 amide bonds. The Morgan fingerprint density at radius 2 is 1.90 bits per heavy atom. The number of carboxylic acids is 2. The molecule has 0 saturated heterocycles. The van der Waals surface area contributed by atoms with Crippen LogP contribution in [0.5, 0.6) is 0 Å². The van der Waals surface area contributed by atoms with Gasteiger partial charge in [0.05, 0.1) is 17.1 Å². The zero-order chi connectivity index (χ0) is 21.4. The van der Waals surface area contributed by atoms with Crippen molar-refractivity contribution >= 4 is 29.2 Å². The molecule has 0 bridgehead atoms. The Hall–Kier alpha value is -4.00. The van der Waals surface area contributed by atoms with Gasteiger partial charge in [0.1, 0.15) is 5.71 Å². The molecule has 2 unspecified atom stereocenters. The minimum absolute atomic E-state index is 0.0645. The molecule has 0 radical (unpaired) electrons. The standard InChI is InChI=1S/C23H17NO6/c1-12(21(25)26)18-10-15(16-7-2-3-8-17(16)18)11-19-20(24-30-23(19)29)13-5-4-6-14(9-13)22(27)28/h2-12,18H,1H3,(H,25,26)(H,27,28)/b19-11-. The third kappa shape index (κ3) is 3.30. The number of hydrogen-bond donors (Lipinski definition) is 2. The van der Waals surface area contributed by atoms with E-state index in [1.54, 1.807) is 25.1 Å². The van der Waals surface area contributed by atoms with E-state index < -0.39 is 23.8 Å². The van der Waals surface area contributed by atoms with Crippen LogP contribution >= 0.6 is 0 Å². The Balaban J connectivity index is 1.78. The number of carbonyl (C=O) groups excluding carboxylic acids is 1. The maximum absolute atomic E-state index is 12.4. The van der Waals surface area contributed by atoms with Gasteiger partial charge in [0.2, 0.25) is 0 Å². The van der Waals surface area contributed by atoms with Gasteiger partial charge in [0, 0.05) is 11.5 Å². The molecule has 2 N–H and O–H groups in total. The fraction of sp³-hybridized carbons (Fsp3) is 0.130. The van der Waals surface area contributed by atoms with Gasteiger partial charge in [-0.15, -0.1) is 0 Å². The van der Waals surface area contributed by atoms with Crippen molar-refractivity contribution in [2.45, 2.75) is 12.8 Å². The lowest BCUT2D eigenvalue weighted by Crippen LogP contribution is -2.16. The van der Waals surface area contributed by atoms with E-state index in [1.165, 1.54) is 12.1 Å². The molecular weight excluding hydrogens is 386 g/mol. The molecular formula is C23H17NO6. The molecule has 0 saturated carbocycles. The normalized spacial score (nSPS) is 19.7. The summed E-state index contributed by atoms with van der Waals surface area (Å²) in [6, 6.07) is 13.5. The number of rotatable bonds is 5. The first-order chi connectivity index (χ1) is 14.4. The number of hydrogen-bond acceptors (Lipinski definition) is 5. The average Bonchev–Trinajstić information content (AvgIpc) is 3.29. The zero-order valence-corrected chi connectivity index (χ0v) is 15.9. The van der Waals surface area contributed by atoms with E-state index in [-0.39, 0.29) is 22.8 Å². The molecule has 2 aromatic rings. The van der Waals surface area contributed by atoms with Crippen LogP contribution in [0.2, 0.25) is 0 Å². The van der Waals surface area contributed by atoms with Crippen LogP contribution in [0, 0.1) is 5.92 Å². The van der Waals surface area contributed by atoms with Gasteiger partial charge < -0.3 is 15.1 Å². The van der Waals surface area contributed by atoms with Crippen molar-refractivity contribution < 1.29 is 29.4 Å². The molecule has 30 heavy (non-hydrogen) atoms. The second-order valence-electron chi connectivity index (χ2n) is 7.12. The number of carbonyl (C=O) groups is 3. The highest BCUT2D eigenvalue weighted by Crippen LogP contribution is 2.41. The molecule has 7 heteroatoms. The molecule has 2 aromatic carbocycles. The molecule has 150 valence electrons. The van der Waals surface area contributed by atoms with E-state index in [0.717, 1.165) is 11.1 Å². The maximum Gasteiger partial charge on any atom is 0.368 e. The monoisotopic (exact) mass is 403 g/mol. The molecule has 0 spiro atoms. The number of fused-ring (bicyclic) bond motifs is 1. The number of allylic oxidation sites excluding steroid dienone is 3. The van der Waals surface area contributed by atoms with Crippen LogP contribution in [0.3, 0.4) is 0 Å². The van der Waals surface area contributed by atoms with Gasteiger partial charge in [-0.3, -0.25) is 4.79 Å². The first kappa shape index (κ1) is 19.3. The van der Waals surface area contributed by atoms with E-state index >= 15 is 0 Å². The SMILES string of the molecule is CC(C(=O)O)C1C=C(/C=C2\C(=O)ON=C2c2cccc(C(=O)O)c2)c2ccccc21. The maximum atomic E-state index is 12.4. The Morgan fingerprint density at radius 1 is 1.13 bits per heavy atom. The predicted molar refractivity (Wildman–Crippen MR) is 108 cm³/mol. The summed E-state index contributed by atoms with van der Waals surface area (Å²) in [4.78, 5) is 40.0. The van der Waals surface area contributed by atoms with Crippen molar-refractivity contribution in [3.8, 4) is 0 Å². The van der Waals surface area contributed by atoms with E-state index in [2.05, 4.69) is 5.16 Å². The molecule has 2 atom stereocenters. The highest BCUT2D eigenvalue weighted by Gasteiger charge is 2.33. The molecule has 1 heterocycles. The molecule has 0 fully saturated rings. The average molecular weight is 403 g/mol. The summed E-state index contributed by atoms with van der Waals surface area (Å²) in [5, 5.41) is 22.5. The molecule has 1 aliphatic carbocycles. The fourth-order valence-electron chi connectivity index (χ4n) is 3.69. The number of oxime groups is 1. The Labute approximate surface area is 171 Å². The smallest absolute Gasteiger partial charge is 0.368 e. The lowest BCUT2D eigenvalue weighted by molar-refractivity contribution is -0.141. The summed E-state index contributed by atoms with van der Waals surface area (Å²) in [5.41, 5.74) is 3.32. The minimum atomic E-state index is -1.09. The second kappa shape index (κ2) is 7.44. The Morgan fingerprint density at radius 3 is 2.63 bits per heavy atom. The van der Waals surface area contributed by atoms with Gasteiger partial charge in [-0.05, 0) is 34.9 Å². The van der Waals surface area contributed by atoms with Crippen LogP contribution in [-0.4, -0.2) is 33.8 Å². The van der Waals surface area contributed by atoms with Crippen molar-refractivity contribution in [2.75, 3.05) is 0 Å². The quantitative estimate of drug-likeness (QED) is 0.584. The number of nitrogens with zero attached hydrogens (tertiary/aromatic N) is 1. The lowest BCUT2D eigenvalue weighted by Gasteiger charge is -2.14. The summed E-state index contributed by atoms with van der Waals surface area (Å²) in [7, 11) is 0. The largest absolute Gasteiger partial charge is 0.481 e. The summed E-state index contributed by atoms with van der Waals surface area (Å²) >= 11 is 0. The van der Waals surface area contributed by atoms with E-state index in [1.807, 2.05) is 30.3 Å². The number of aromatic carboxylic acids is 1. The van der Waals surface area contributed by atoms with Crippen molar-refractivity contribution in [1.29, 1.82) is 0 Å². The van der Waals surface area contributed by atoms with Crippen LogP contribution in [0.4, 0.5) is 0 Å². The number of carboxylic acid groups (broad SMARTS) is 2. The topological polar surface area (TPSA) is 113 Å². The summed E-state index contributed by atoms with van der Waals surface area (Å²) in [5.74, 6) is -3.63. The highest BCUT2D eigenvalue weighted by atomic mass is 16.7. The van der Waals surface area contributed by atoms with Crippen molar-refractivity contribution in [3.05, 3.63) is 88.5 Å². The third-order valence-electron chi connectivity index (χ3n) is 5.30. The second-order valence-corrected chi connectivity index (χ2v) is 7.12. The van der Waals surface area contributed by atoms with Crippen LogP contribution in [0.1, 0.15) is 39.9 Å². The van der Waals surface area contributed by atoms with E-state index in [0.29, 0.717) is 11.1 Å². The first-order valence-corrected chi connectivity index (χ1v) is 9.26. The minimum Gasteiger partial charge on any atom is -0.481 e. The van der Waals surface area contributed by atoms with Gasteiger partial charge in [-0.2, -0.15) is 0 Å². The molecule has 2 aliphatic rings. The summed E-state index contributed by atoms with van der Waals surface area (Å²) < 4.78 is 0. The predicted octanol–water partition coefficient (Wildman–Crippen LogP) is 3.47. The van der Waals surface area contributed by atoms with Crippen LogP contribution in [0.15, 0.2) is 71.4 Å².